The lowest BCUT2D eigenvalue weighted by atomic mass is 10.1. The molecular weight excluding hydrogens is 292 g/mol. The van der Waals surface area contributed by atoms with E-state index in [0.717, 1.165) is 16.9 Å². The zero-order valence-electron chi connectivity index (χ0n) is 15.1. The molecule has 1 aromatic carbocycles. The van der Waals surface area contributed by atoms with Gasteiger partial charge < -0.3 is 14.3 Å². The van der Waals surface area contributed by atoms with Crippen molar-refractivity contribution in [3.63, 3.8) is 0 Å². The highest BCUT2D eigenvalue weighted by Crippen LogP contribution is 2.42. The molecule has 0 aliphatic rings. The Morgan fingerprint density at radius 1 is 1.00 bits per heavy atom. The minimum absolute atomic E-state index is 0.0157. The number of hydrogen-bond donors (Lipinski definition) is 1. The predicted molar refractivity (Wildman–Crippen MR) is 94.8 cm³/mol. The van der Waals surface area contributed by atoms with Gasteiger partial charge in [0.2, 0.25) is 8.32 Å². The Balaban J connectivity index is 2.99. The summed E-state index contributed by atoms with van der Waals surface area (Å²) in [6, 6.07) is 5.92. The number of aliphatic hydroxyl groups is 1. The Kier molecular flexibility index (Phi) is 7.10. The standard InChI is InChI=1S/C18H32O3Si/c1-13(2)22(14(3)4,15(5)6)21-12-16-8-9-18(20-7)17(10-16)11-19/h8-10,13-15,19H,11-12H2,1-7H3. The van der Waals surface area contributed by atoms with Gasteiger partial charge in [0, 0.05) is 5.56 Å². The van der Waals surface area contributed by atoms with Gasteiger partial charge in [-0.05, 0) is 34.3 Å². The Morgan fingerprint density at radius 2 is 1.55 bits per heavy atom. The fraction of sp³-hybridized carbons (Fsp3) is 0.667. The second-order valence-corrected chi connectivity index (χ2v) is 12.4. The largest absolute Gasteiger partial charge is 0.496 e. The van der Waals surface area contributed by atoms with Crippen LogP contribution in [0, 0.1) is 0 Å². The molecule has 0 atom stereocenters. The van der Waals surface area contributed by atoms with Crippen LogP contribution in [0.2, 0.25) is 16.6 Å². The summed E-state index contributed by atoms with van der Waals surface area (Å²) in [5, 5.41) is 9.45. The highest BCUT2D eigenvalue weighted by atomic mass is 28.4. The number of hydrogen-bond acceptors (Lipinski definition) is 3. The molecule has 1 N–H and O–H groups in total. The molecule has 0 aliphatic carbocycles. The summed E-state index contributed by atoms with van der Waals surface area (Å²) in [7, 11) is -0.230. The molecule has 0 unspecified atom stereocenters. The second kappa shape index (κ2) is 8.13. The number of methoxy groups -OCH3 is 1. The summed E-state index contributed by atoms with van der Waals surface area (Å²) in [4.78, 5) is 0. The van der Waals surface area contributed by atoms with Crippen molar-refractivity contribution in [2.24, 2.45) is 0 Å². The SMILES string of the molecule is COc1ccc(CO[Si](C(C)C)(C(C)C)C(C)C)cc1CO. The Morgan fingerprint density at radius 3 is 1.95 bits per heavy atom. The fourth-order valence-corrected chi connectivity index (χ4v) is 9.17. The average Bonchev–Trinajstić information content (AvgIpc) is 2.46. The smallest absolute Gasteiger partial charge is 0.200 e. The van der Waals surface area contributed by atoms with Gasteiger partial charge in [-0.25, -0.2) is 0 Å². The van der Waals surface area contributed by atoms with Crippen molar-refractivity contribution >= 4 is 8.32 Å². The van der Waals surface area contributed by atoms with Crippen LogP contribution >= 0.6 is 0 Å². The first kappa shape index (κ1) is 19.2. The van der Waals surface area contributed by atoms with E-state index in [4.69, 9.17) is 9.16 Å². The first-order valence-electron chi connectivity index (χ1n) is 8.20. The van der Waals surface area contributed by atoms with E-state index in [1.165, 1.54) is 0 Å². The van der Waals surface area contributed by atoms with E-state index in [0.29, 0.717) is 23.2 Å². The molecular formula is C18H32O3Si. The number of benzene rings is 1. The minimum atomic E-state index is -1.85. The quantitative estimate of drug-likeness (QED) is 0.693. The Bertz CT molecular complexity index is 448. The maximum absolute atomic E-state index is 9.45. The molecule has 0 saturated carbocycles. The molecule has 1 rings (SSSR count). The highest BCUT2D eigenvalue weighted by molar-refractivity contribution is 6.77. The van der Waals surface area contributed by atoms with Crippen molar-refractivity contribution in [2.45, 2.75) is 71.4 Å². The van der Waals surface area contributed by atoms with Crippen LogP contribution in [-0.4, -0.2) is 20.5 Å². The van der Waals surface area contributed by atoms with Gasteiger partial charge in [0.05, 0.1) is 20.3 Å². The molecule has 22 heavy (non-hydrogen) atoms. The third-order valence-corrected chi connectivity index (χ3v) is 10.8. The van der Waals surface area contributed by atoms with Crippen LogP contribution in [0.4, 0.5) is 0 Å². The molecule has 3 nitrogen and oxygen atoms in total. The van der Waals surface area contributed by atoms with Gasteiger partial charge in [-0.2, -0.15) is 0 Å². The topological polar surface area (TPSA) is 38.7 Å². The number of aliphatic hydroxyl groups excluding tert-OH is 1. The Hall–Kier alpha value is -0.843. The van der Waals surface area contributed by atoms with E-state index in [-0.39, 0.29) is 6.61 Å². The molecule has 0 amide bonds. The van der Waals surface area contributed by atoms with E-state index in [9.17, 15) is 5.11 Å². The zero-order chi connectivity index (χ0) is 16.9. The lowest BCUT2D eigenvalue weighted by Crippen LogP contribution is -2.47. The van der Waals surface area contributed by atoms with Gasteiger partial charge in [-0.1, -0.05) is 47.6 Å². The Labute approximate surface area is 136 Å². The van der Waals surface area contributed by atoms with Crippen LogP contribution in [0.15, 0.2) is 18.2 Å². The van der Waals surface area contributed by atoms with E-state index in [1.54, 1.807) is 7.11 Å². The van der Waals surface area contributed by atoms with Crippen LogP contribution < -0.4 is 4.74 Å². The average molecular weight is 325 g/mol. The van der Waals surface area contributed by atoms with Crippen LogP contribution in [0.3, 0.4) is 0 Å². The van der Waals surface area contributed by atoms with E-state index in [2.05, 4.69) is 41.5 Å². The normalized spacial score (nSPS) is 12.5. The highest BCUT2D eigenvalue weighted by Gasteiger charge is 2.44. The molecule has 0 aromatic heterocycles. The molecule has 1 aromatic rings. The summed E-state index contributed by atoms with van der Waals surface area (Å²) < 4.78 is 11.8. The molecule has 4 heteroatoms. The summed E-state index contributed by atoms with van der Waals surface area (Å²) in [6.45, 7) is 14.3. The molecule has 0 spiro atoms. The molecule has 0 saturated heterocycles. The zero-order valence-corrected chi connectivity index (χ0v) is 16.1. The van der Waals surface area contributed by atoms with Crippen molar-refractivity contribution in [1.82, 2.24) is 0 Å². The van der Waals surface area contributed by atoms with Crippen LogP contribution in [-0.2, 0) is 17.6 Å². The molecule has 0 heterocycles. The third kappa shape index (κ3) is 3.92. The van der Waals surface area contributed by atoms with Gasteiger partial charge in [0.15, 0.2) is 0 Å². The fourth-order valence-electron chi connectivity index (χ4n) is 3.75. The molecule has 0 aliphatic heterocycles. The van der Waals surface area contributed by atoms with E-state index >= 15 is 0 Å². The van der Waals surface area contributed by atoms with Crippen molar-refractivity contribution in [1.29, 1.82) is 0 Å². The van der Waals surface area contributed by atoms with Crippen LogP contribution in [0.5, 0.6) is 5.75 Å². The monoisotopic (exact) mass is 324 g/mol. The lowest BCUT2D eigenvalue weighted by Gasteiger charge is -2.42. The van der Waals surface area contributed by atoms with Crippen molar-refractivity contribution in [3.8, 4) is 5.75 Å². The summed E-state index contributed by atoms with van der Waals surface area (Å²) >= 11 is 0. The second-order valence-electron chi connectivity index (χ2n) is 6.91. The first-order valence-corrected chi connectivity index (χ1v) is 10.3. The van der Waals surface area contributed by atoms with Crippen molar-refractivity contribution < 1.29 is 14.3 Å². The molecule has 0 bridgehead atoms. The van der Waals surface area contributed by atoms with Gasteiger partial charge in [-0.15, -0.1) is 0 Å². The van der Waals surface area contributed by atoms with E-state index < -0.39 is 8.32 Å². The van der Waals surface area contributed by atoms with Gasteiger partial charge in [-0.3, -0.25) is 0 Å². The van der Waals surface area contributed by atoms with Crippen molar-refractivity contribution in [2.75, 3.05) is 7.11 Å². The lowest BCUT2D eigenvalue weighted by molar-refractivity contribution is 0.262. The first-order chi connectivity index (χ1) is 10.3. The third-order valence-electron chi connectivity index (χ3n) is 4.71. The molecule has 0 fully saturated rings. The van der Waals surface area contributed by atoms with E-state index in [1.807, 2.05) is 18.2 Å². The minimum Gasteiger partial charge on any atom is -0.496 e. The van der Waals surface area contributed by atoms with Gasteiger partial charge >= 0.3 is 0 Å². The van der Waals surface area contributed by atoms with Crippen LogP contribution in [0.25, 0.3) is 0 Å². The predicted octanol–water partition coefficient (Wildman–Crippen LogP) is 4.88. The molecule has 126 valence electrons. The van der Waals surface area contributed by atoms with Crippen LogP contribution in [0.1, 0.15) is 52.7 Å². The maximum Gasteiger partial charge on any atom is 0.200 e. The maximum atomic E-state index is 9.45. The van der Waals surface area contributed by atoms with Crippen molar-refractivity contribution in [3.05, 3.63) is 29.3 Å². The summed E-state index contributed by atoms with van der Waals surface area (Å²) in [6.07, 6.45) is 0. The van der Waals surface area contributed by atoms with Gasteiger partial charge in [0.25, 0.3) is 0 Å². The summed E-state index contributed by atoms with van der Waals surface area (Å²) in [5.41, 5.74) is 3.63. The number of ether oxygens (including phenoxy) is 1. The number of rotatable bonds is 8. The summed E-state index contributed by atoms with van der Waals surface area (Å²) in [5.74, 6) is 0.728. The van der Waals surface area contributed by atoms with Gasteiger partial charge in [0.1, 0.15) is 5.75 Å². The molecule has 0 radical (unpaired) electrons.